The number of fused-ring (bicyclic) bond motifs is 1. The van der Waals surface area contributed by atoms with Gasteiger partial charge in [0, 0.05) is 33.2 Å². The quantitative estimate of drug-likeness (QED) is 0.556. The zero-order valence-electron chi connectivity index (χ0n) is 17.9. The fraction of sp³-hybridized carbons (Fsp3) is 0.333. The van der Waals surface area contributed by atoms with E-state index in [0.29, 0.717) is 27.3 Å². The molecule has 0 N–H and O–H groups in total. The second-order valence-corrected chi connectivity index (χ2v) is 10.2. The maximum atomic E-state index is 13.2. The summed E-state index contributed by atoms with van der Waals surface area (Å²) in [6.07, 6.45) is 0. The number of methoxy groups -OCH3 is 2. The molecule has 0 bridgehead atoms. The minimum absolute atomic E-state index is 0.140. The Labute approximate surface area is 189 Å². The molecule has 1 saturated heterocycles. The maximum absolute atomic E-state index is 13.2. The van der Waals surface area contributed by atoms with Crippen LogP contribution >= 0.6 is 11.3 Å². The van der Waals surface area contributed by atoms with Crippen molar-refractivity contribution in [3.05, 3.63) is 51.6 Å². The van der Waals surface area contributed by atoms with Crippen LogP contribution in [0.4, 0.5) is 0 Å². The zero-order chi connectivity index (χ0) is 23.0. The highest BCUT2D eigenvalue weighted by Gasteiger charge is 2.32. The van der Waals surface area contributed by atoms with Crippen LogP contribution in [0, 0.1) is 0 Å². The molecule has 9 nitrogen and oxygen atoms in total. The molecular weight excluding hydrogens is 454 g/mol. The lowest BCUT2D eigenvalue weighted by atomic mass is 10.1. The number of carbonyl (C=O) groups excluding carboxylic acids is 1. The van der Waals surface area contributed by atoms with Crippen LogP contribution in [0.1, 0.15) is 10.4 Å². The van der Waals surface area contributed by atoms with Crippen molar-refractivity contribution >= 4 is 37.5 Å². The zero-order valence-corrected chi connectivity index (χ0v) is 19.5. The number of hydrogen-bond donors (Lipinski definition) is 0. The number of amides is 1. The number of piperazine rings is 1. The minimum Gasteiger partial charge on any atom is -0.493 e. The Bertz CT molecular complexity index is 1340. The van der Waals surface area contributed by atoms with Gasteiger partial charge in [0.1, 0.15) is 0 Å². The van der Waals surface area contributed by atoms with Gasteiger partial charge in [-0.25, -0.2) is 8.42 Å². The molecule has 2 aromatic carbocycles. The number of para-hydroxylation sites is 1. The lowest BCUT2D eigenvalue weighted by Crippen LogP contribution is -2.50. The number of aryl methyl sites for hydroxylation is 1. The van der Waals surface area contributed by atoms with Gasteiger partial charge in [-0.3, -0.25) is 9.59 Å². The molecule has 0 radical (unpaired) electrons. The van der Waals surface area contributed by atoms with Crippen molar-refractivity contribution < 1.29 is 22.7 Å². The molecule has 4 rings (SSSR count). The molecule has 3 aromatic rings. The highest BCUT2D eigenvalue weighted by atomic mass is 32.2. The summed E-state index contributed by atoms with van der Waals surface area (Å²) in [4.78, 5) is 26.5. The van der Waals surface area contributed by atoms with E-state index in [4.69, 9.17) is 9.47 Å². The van der Waals surface area contributed by atoms with E-state index in [9.17, 15) is 18.0 Å². The van der Waals surface area contributed by atoms with Crippen molar-refractivity contribution in [2.75, 3.05) is 40.4 Å². The SMILES string of the molecule is COc1cccc(C(=O)N2CCN(S(=O)(=O)c3ccc4c(c3)sc(=O)n4C)CC2)c1OC. The van der Waals surface area contributed by atoms with Crippen molar-refractivity contribution in [2.45, 2.75) is 4.90 Å². The topological polar surface area (TPSA) is 98.2 Å². The van der Waals surface area contributed by atoms with E-state index >= 15 is 0 Å². The fourth-order valence-electron chi connectivity index (χ4n) is 3.78. The van der Waals surface area contributed by atoms with E-state index in [-0.39, 0.29) is 41.9 Å². The van der Waals surface area contributed by atoms with Crippen molar-refractivity contribution in [1.82, 2.24) is 13.8 Å². The average Bonchev–Trinajstić information content (AvgIpc) is 3.10. The van der Waals surface area contributed by atoms with Crippen LogP contribution in [0.5, 0.6) is 11.5 Å². The van der Waals surface area contributed by atoms with E-state index in [1.165, 1.54) is 35.2 Å². The first-order valence-electron chi connectivity index (χ1n) is 9.88. The largest absolute Gasteiger partial charge is 0.493 e. The van der Waals surface area contributed by atoms with E-state index in [1.807, 2.05) is 0 Å². The second-order valence-electron chi connectivity index (χ2n) is 7.29. The molecule has 0 spiro atoms. The summed E-state index contributed by atoms with van der Waals surface area (Å²) in [5.74, 6) is 0.566. The summed E-state index contributed by atoms with van der Waals surface area (Å²) in [6.45, 7) is 0.839. The molecule has 2 heterocycles. The number of nitrogens with zero attached hydrogens (tertiary/aromatic N) is 3. The van der Waals surface area contributed by atoms with Crippen molar-refractivity contribution in [3.8, 4) is 11.5 Å². The second kappa shape index (κ2) is 8.57. The summed E-state index contributed by atoms with van der Waals surface area (Å²) in [6, 6.07) is 9.78. The summed E-state index contributed by atoms with van der Waals surface area (Å²) in [5, 5.41) is 0. The number of benzene rings is 2. The lowest BCUT2D eigenvalue weighted by molar-refractivity contribution is 0.0694. The van der Waals surface area contributed by atoms with E-state index in [0.717, 1.165) is 11.3 Å². The van der Waals surface area contributed by atoms with Crippen molar-refractivity contribution in [2.24, 2.45) is 7.05 Å². The molecule has 0 aliphatic carbocycles. The van der Waals surface area contributed by atoms with Gasteiger partial charge in [0.2, 0.25) is 10.0 Å². The highest BCUT2D eigenvalue weighted by molar-refractivity contribution is 7.89. The van der Waals surface area contributed by atoms with Crippen LogP contribution in [0.15, 0.2) is 46.1 Å². The van der Waals surface area contributed by atoms with E-state index < -0.39 is 10.0 Å². The fourth-order valence-corrected chi connectivity index (χ4v) is 6.22. The van der Waals surface area contributed by atoms with Gasteiger partial charge in [-0.05, 0) is 30.3 Å². The number of aromatic nitrogens is 1. The first kappa shape index (κ1) is 22.3. The molecule has 1 aliphatic heterocycles. The Morgan fingerprint density at radius 2 is 1.75 bits per heavy atom. The van der Waals surface area contributed by atoms with Crippen LogP contribution in [0.2, 0.25) is 0 Å². The van der Waals surface area contributed by atoms with Gasteiger partial charge in [-0.2, -0.15) is 4.31 Å². The van der Waals surface area contributed by atoms with Gasteiger partial charge >= 0.3 is 4.87 Å². The van der Waals surface area contributed by atoms with Crippen LogP contribution in [0.25, 0.3) is 10.2 Å². The predicted molar refractivity (Wildman–Crippen MR) is 121 cm³/mol. The van der Waals surface area contributed by atoms with Gasteiger partial charge in [0.05, 0.1) is 34.9 Å². The molecule has 1 fully saturated rings. The van der Waals surface area contributed by atoms with E-state index in [1.54, 1.807) is 36.2 Å². The Balaban J connectivity index is 1.52. The number of sulfonamides is 1. The van der Waals surface area contributed by atoms with Gasteiger partial charge < -0.3 is 18.9 Å². The summed E-state index contributed by atoms with van der Waals surface area (Å²) in [5.41, 5.74) is 1.06. The first-order valence-corrected chi connectivity index (χ1v) is 12.1. The highest BCUT2D eigenvalue weighted by Crippen LogP contribution is 2.32. The smallest absolute Gasteiger partial charge is 0.307 e. The third kappa shape index (κ3) is 3.76. The number of thiazole rings is 1. The molecule has 32 heavy (non-hydrogen) atoms. The molecule has 1 aromatic heterocycles. The van der Waals surface area contributed by atoms with Crippen LogP contribution in [-0.4, -0.2) is 68.5 Å². The molecule has 11 heteroatoms. The standard InChI is InChI=1S/C21H23N3O6S2/c1-22-16-8-7-14(13-18(16)31-21(22)26)32(27,28)24-11-9-23(10-12-24)20(25)15-5-4-6-17(29-2)19(15)30-3/h4-8,13H,9-12H2,1-3H3. The van der Waals surface area contributed by atoms with Crippen LogP contribution in [0.3, 0.4) is 0 Å². The summed E-state index contributed by atoms with van der Waals surface area (Å²) >= 11 is 1.01. The Morgan fingerprint density at radius 1 is 1.03 bits per heavy atom. The first-order chi connectivity index (χ1) is 15.3. The average molecular weight is 478 g/mol. The Morgan fingerprint density at radius 3 is 2.41 bits per heavy atom. The number of carbonyl (C=O) groups is 1. The third-order valence-corrected chi connectivity index (χ3v) is 8.45. The Kier molecular flexibility index (Phi) is 5.97. The third-order valence-electron chi connectivity index (χ3n) is 5.56. The van der Waals surface area contributed by atoms with Crippen LogP contribution in [-0.2, 0) is 17.1 Å². The van der Waals surface area contributed by atoms with Crippen LogP contribution < -0.4 is 14.3 Å². The summed E-state index contributed by atoms with van der Waals surface area (Å²) < 4.78 is 40.4. The molecule has 1 amide bonds. The van der Waals surface area contributed by atoms with Gasteiger partial charge in [0.25, 0.3) is 5.91 Å². The Hall–Kier alpha value is -2.89. The normalized spacial score (nSPS) is 15.2. The van der Waals surface area contributed by atoms with Gasteiger partial charge in [-0.15, -0.1) is 0 Å². The van der Waals surface area contributed by atoms with E-state index in [2.05, 4.69) is 0 Å². The van der Waals surface area contributed by atoms with Gasteiger partial charge in [0.15, 0.2) is 11.5 Å². The predicted octanol–water partition coefficient (Wildman–Crippen LogP) is 1.76. The number of hydrogen-bond acceptors (Lipinski definition) is 7. The number of ether oxygens (including phenoxy) is 2. The molecule has 170 valence electrons. The molecule has 1 aliphatic rings. The minimum atomic E-state index is -3.75. The monoisotopic (exact) mass is 477 g/mol. The molecular formula is C21H23N3O6S2. The lowest BCUT2D eigenvalue weighted by Gasteiger charge is -2.34. The summed E-state index contributed by atoms with van der Waals surface area (Å²) in [7, 11) is 0.880. The number of rotatable bonds is 5. The maximum Gasteiger partial charge on any atom is 0.307 e. The van der Waals surface area contributed by atoms with Gasteiger partial charge in [-0.1, -0.05) is 17.4 Å². The molecule has 0 atom stereocenters. The van der Waals surface area contributed by atoms with Crippen molar-refractivity contribution in [3.63, 3.8) is 0 Å². The van der Waals surface area contributed by atoms with Crippen molar-refractivity contribution in [1.29, 1.82) is 0 Å². The molecule has 0 unspecified atom stereocenters. The molecule has 0 saturated carbocycles.